The first-order valence-corrected chi connectivity index (χ1v) is 3.56. The van der Waals surface area contributed by atoms with Crippen LogP contribution in [0.3, 0.4) is 0 Å². The van der Waals surface area contributed by atoms with Gasteiger partial charge in [0.1, 0.15) is 0 Å². The Labute approximate surface area is 69.1 Å². The van der Waals surface area contributed by atoms with Gasteiger partial charge in [0, 0.05) is 23.3 Å². The number of fused-ring (bicyclic) bond motifs is 1. The van der Waals surface area contributed by atoms with E-state index in [1.165, 1.54) is 6.20 Å². The van der Waals surface area contributed by atoms with E-state index in [1.54, 1.807) is 18.5 Å². The second kappa shape index (κ2) is 2.70. The number of hydrogen-bond donors (Lipinski definition) is 0. The highest BCUT2D eigenvalue weighted by Gasteiger charge is 1.98. The lowest BCUT2D eigenvalue weighted by molar-refractivity contribution is 0.112. The molecule has 3 nitrogen and oxygen atoms in total. The maximum absolute atomic E-state index is 10.6. The molecule has 0 atom stereocenters. The van der Waals surface area contributed by atoms with Crippen LogP contribution < -0.4 is 0 Å². The molecule has 0 saturated heterocycles. The van der Waals surface area contributed by atoms with Crippen molar-refractivity contribution in [1.29, 1.82) is 0 Å². The van der Waals surface area contributed by atoms with Crippen molar-refractivity contribution >= 4 is 17.2 Å². The number of aldehydes is 1. The molecule has 2 aromatic heterocycles. The monoisotopic (exact) mass is 158 g/mol. The van der Waals surface area contributed by atoms with Gasteiger partial charge in [0.25, 0.3) is 0 Å². The molecule has 0 bridgehead atoms. The second-order valence-corrected chi connectivity index (χ2v) is 2.42. The molecule has 2 aromatic rings. The van der Waals surface area contributed by atoms with E-state index in [4.69, 9.17) is 0 Å². The Bertz CT molecular complexity index is 420. The second-order valence-electron chi connectivity index (χ2n) is 2.42. The van der Waals surface area contributed by atoms with E-state index < -0.39 is 0 Å². The molecule has 12 heavy (non-hydrogen) atoms. The lowest BCUT2D eigenvalue weighted by Crippen LogP contribution is -1.86. The average molecular weight is 158 g/mol. The Kier molecular flexibility index (Phi) is 1.55. The van der Waals surface area contributed by atoms with Crippen molar-refractivity contribution in [2.75, 3.05) is 0 Å². The van der Waals surface area contributed by atoms with Gasteiger partial charge in [-0.25, -0.2) is 0 Å². The van der Waals surface area contributed by atoms with Crippen molar-refractivity contribution in [2.45, 2.75) is 0 Å². The summed E-state index contributed by atoms with van der Waals surface area (Å²) >= 11 is 0. The summed E-state index contributed by atoms with van der Waals surface area (Å²) < 4.78 is 0. The van der Waals surface area contributed by atoms with E-state index in [-0.39, 0.29) is 0 Å². The Morgan fingerprint density at radius 1 is 1.33 bits per heavy atom. The highest BCUT2D eigenvalue weighted by Crippen LogP contribution is 2.11. The molecule has 0 N–H and O–H groups in total. The molecule has 0 saturated carbocycles. The number of pyridine rings is 2. The first kappa shape index (κ1) is 6.91. The van der Waals surface area contributed by atoms with Crippen LogP contribution in [0.1, 0.15) is 10.4 Å². The highest BCUT2D eigenvalue weighted by molar-refractivity contribution is 5.95. The maximum Gasteiger partial charge on any atom is 0.152 e. The van der Waals surface area contributed by atoms with E-state index in [1.807, 2.05) is 6.07 Å². The quantitative estimate of drug-likeness (QED) is 0.590. The molecule has 0 aliphatic carbocycles. The van der Waals surface area contributed by atoms with E-state index in [2.05, 4.69) is 9.97 Å². The van der Waals surface area contributed by atoms with Gasteiger partial charge < -0.3 is 0 Å². The zero-order valence-corrected chi connectivity index (χ0v) is 6.27. The summed E-state index contributed by atoms with van der Waals surface area (Å²) in [5, 5.41) is 0.850. The molecule has 3 heteroatoms. The third-order valence-electron chi connectivity index (χ3n) is 1.69. The molecule has 0 aliphatic heterocycles. The molecule has 58 valence electrons. The summed E-state index contributed by atoms with van der Waals surface area (Å²) in [7, 11) is 0. The van der Waals surface area contributed by atoms with Crippen LogP contribution in [0.15, 0.2) is 30.7 Å². The lowest BCUT2D eigenvalue weighted by atomic mass is 10.2. The minimum atomic E-state index is 0.584. The van der Waals surface area contributed by atoms with E-state index in [0.29, 0.717) is 5.56 Å². The van der Waals surface area contributed by atoms with E-state index in [0.717, 1.165) is 17.2 Å². The van der Waals surface area contributed by atoms with Crippen molar-refractivity contribution in [3.8, 4) is 0 Å². The first-order valence-electron chi connectivity index (χ1n) is 3.56. The van der Waals surface area contributed by atoms with Crippen LogP contribution in [-0.2, 0) is 0 Å². The van der Waals surface area contributed by atoms with Crippen molar-refractivity contribution in [1.82, 2.24) is 9.97 Å². The number of rotatable bonds is 1. The number of nitrogens with zero attached hydrogens (tertiary/aromatic N) is 2. The summed E-state index contributed by atoms with van der Waals surface area (Å²) in [4.78, 5) is 18.5. The smallest absolute Gasteiger partial charge is 0.152 e. The predicted molar refractivity (Wildman–Crippen MR) is 44.9 cm³/mol. The fourth-order valence-corrected chi connectivity index (χ4v) is 1.12. The molecule has 0 aliphatic rings. The van der Waals surface area contributed by atoms with Crippen molar-refractivity contribution in [2.24, 2.45) is 0 Å². The summed E-state index contributed by atoms with van der Waals surface area (Å²) in [6.45, 7) is 0. The van der Waals surface area contributed by atoms with Crippen molar-refractivity contribution in [3.05, 3.63) is 36.3 Å². The molecule has 0 unspecified atom stereocenters. The predicted octanol–water partition coefficient (Wildman–Crippen LogP) is 1.44. The Morgan fingerprint density at radius 2 is 2.25 bits per heavy atom. The Morgan fingerprint density at radius 3 is 3.08 bits per heavy atom. The Hall–Kier alpha value is -1.77. The van der Waals surface area contributed by atoms with Crippen molar-refractivity contribution < 1.29 is 4.79 Å². The normalized spacial score (nSPS) is 10.0. The molecule has 2 heterocycles. The first-order chi connectivity index (χ1) is 5.92. The van der Waals surface area contributed by atoms with E-state index >= 15 is 0 Å². The van der Waals surface area contributed by atoms with Gasteiger partial charge in [-0.05, 0) is 6.07 Å². The lowest BCUT2D eigenvalue weighted by Gasteiger charge is -1.96. The largest absolute Gasteiger partial charge is 0.298 e. The van der Waals surface area contributed by atoms with Crippen LogP contribution in [-0.4, -0.2) is 16.3 Å². The number of aromatic nitrogens is 2. The maximum atomic E-state index is 10.6. The van der Waals surface area contributed by atoms with Crippen LogP contribution in [0.2, 0.25) is 0 Å². The molecule has 0 amide bonds. The van der Waals surface area contributed by atoms with Gasteiger partial charge in [-0.15, -0.1) is 0 Å². The van der Waals surface area contributed by atoms with Gasteiger partial charge in [0.15, 0.2) is 6.29 Å². The van der Waals surface area contributed by atoms with Crippen LogP contribution in [0, 0.1) is 0 Å². The topological polar surface area (TPSA) is 42.9 Å². The minimum absolute atomic E-state index is 0.584. The third-order valence-corrected chi connectivity index (χ3v) is 1.69. The van der Waals surface area contributed by atoms with E-state index in [9.17, 15) is 4.79 Å². The molecule has 0 aromatic carbocycles. The van der Waals surface area contributed by atoms with Crippen LogP contribution in [0.25, 0.3) is 10.9 Å². The summed E-state index contributed by atoms with van der Waals surface area (Å²) in [5.41, 5.74) is 1.34. The Balaban J connectivity index is 2.88. The van der Waals surface area contributed by atoms with Crippen LogP contribution in [0.4, 0.5) is 0 Å². The van der Waals surface area contributed by atoms with Crippen LogP contribution >= 0.6 is 0 Å². The van der Waals surface area contributed by atoms with Gasteiger partial charge >= 0.3 is 0 Å². The summed E-state index contributed by atoms with van der Waals surface area (Å²) in [6, 6.07) is 3.66. The van der Waals surface area contributed by atoms with Gasteiger partial charge in [-0.1, -0.05) is 6.07 Å². The molecule has 2 rings (SSSR count). The molecular formula is C9H6N2O. The van der Waals surface area contributed by atoms with Crippen molar-refractivity contribution in [3.63, 3.8) is 0 Å². The zero-order valence-electron chi connectivity index (χ0n) is 6.27. The molecule has 0 radical (unpaired) electrons. The fraction of sp³-hybridized carbons (Fsp3) is 0. The van der Waals surface area contributed by atoms with Gasteiger partial charge in [0.05, 0.1) is 11.7 Å². The standard InChI is InChI=1S/C9H6N2O/c12-6-7-4-10-5-9-8(7)2-1-3-11-9/h1-6H. The molecular weight excluding hydrogens is 152 g/mol. The molecule has 0 fully saturated rings. The van der Waals surface area contributed by atoms with Gasteiger partial charge in [0.2, 0.25) is 0 Å². The minimum Gasteiger partial charge on any atom is -0.298 e. The van der Waals surface area contributed by atoms with Crippen LogP contribution in [0.5, 0.6) is 0 Å². The fourth-order valence-electron chi connectivity index (χ4n) is 1.12. The molecule has 0 spiro atoms. The van der Waals surface area contributed by atoms with Gasteiger partial charge in [-0.2, -0.15) is 0 Å². The number of carbonyl (C=O) groups is 1. The number of carbonyl (C=O) groups excluding carboxylic acids is 1. The third kappa shape index (κ3) is 0.955. The highest BCUT2D eigenvalue weighted by atomic mass is 16.1. The summed E-state index contributed by atoms with van der Waals surface area (Å²) in [5.74, 6) is 0. The summed E-state index contributed by atoms with van der Waals surface area (Å²) in [6.07, 6.45) is 5.65. The average Bonchev–Trinajstić information content (AvgIpc) is 2.17. The number of hydrogen-bond acceptors (Lipinski definition) is 3. The zero-order chi connectivity index (χ0) is 8.39. The SMILES string of the molecule is O=Cc1cncc2ncccc12. The van der Waals surface area contributed by atoms with Gasteiger partial charge in [-0.3, -0.25) is 14.8 Å².